The zero-order valence-electron chi connectivity index (χ0n) is 15.8. The van der Waals surface area contributed by atoms with Crippen molar-refractivity contribution in [3.8, 4) is 0 Å². The summed E-state index contributed by atoms with van der Waals surface area (Å²) in [5.74, 6) is 0. The van der Waals surface area contributed by atoms with Gasteiger partial charge in [0.2, 0.25) is 0 Å². The molecule has 2 aromatic carbocycles. The van der Waals surface area contributed by atoms with E-state index in [-0.39, 0.29) is 12.0 Å². The van der Waals surface area contributed by atoms with E-state index in [1.807, 2.05) is 0 Å². The third kappa shape index (κ3) is 2.72. The predicted molar refractivity (Wildman–Crippen MR) is 110 cm³/mol. The van der Waals surface area contributed by atoms with Crippen molar-refractivity contribution in [2.24, 2.45) is 5.41 Å². The Morgan fingerprint density at radius 2 is 1.85 bits per heavy atom. The van der Waals surface area contributed by atoms with Crippen LogP contribution in [-0.2, 0) is 13.0 Å². The largest absolute Gasteiger partial charge is 0.396 e. The fraction of sp³-hybridized carbons (Fsp3) is 0.417. The fourth-order valence-electron chi connectivity index (χ4n) is 5.63. The number of rotatable bonds is 4. The normalized spacial score (nSPS) is 24.6. The molecule has 0 radical (unpaired) electrons. The zero-order valence-corrected chi connectivity index (χ0v) is 15.8. The Morgan fingerprint density at radius 1 is 1.04 bits per heavy atom. The van der Waals surface area contributed by atoms with Crippen LogP contribution in [0.1, 0.15) is 48.5 Å². The van der Waals surface area contributed by atoms with Crippen LogP contribution >= 0.6 is 0 Å². The number of para-hydroxylation sites is 1. The summed E-state index contributed by atoms with van der Waals surface area (Å²) in [6, 6.07) is 20.0. The minimum atomic E-state index is 0.210. The van der Waals surface area contributed by atoms with Crippen molar-refractivity contribution in [2.75, 3.05) is 13.2 Å². The van der Waals surface area contributed by atoms with Gasteiger partial charge in [0.05, 0.1) is 0 Å². The van der Waals surface area contributed by atoms with Gasteiger partial charge in [-0.05, 0) is 61.3 Å². The number of piperidine rings is 1. The van der Waals surface area contributed by atoms with Gasteiger partial charge < -0.3 is 15.0 Å². The first-order valence-corrected chi connectivity index (χ1v) is 10.3. The highest BCUT2D eigenvalue weighted by Crippen LogP contribution is 2.53. The quantitative estimate of drug-likeness (QED) is 0.722. The average molecular weight is 361 g/mol. The Hall–Kier alpha value is -2.10. The fourth-order valence-corrected chi connectivity index (χ4v) is 5.63. The molecular weight excluding hydrogens is 332 g/mol. The lowest BCUT2D eigenvalue weighted by atomic mass is 9.63. The molecule has 1 aromatic heterocycles. The van der Waals surface area contributed by atoms with E-state index >= 15 is 0 Å². The van der Waals surface area contributed by atoms with Gasteiger partial charge in [-0.1, -0.05) is 48.5 Å². The number of aromatic nitrogens is 1. The van der Waals surface area contributed by atoms with Crippen molar-refractivity contribution in [2.45, 2.75) is 44.7 Å². The molecule has 2 heterocycles. The summed E-state index contributed by atoms with van der Waals surface area (Å²) in [5.41, 5.74) is 5.90. The molecule has 27 heavy (non-hydrogen) atoms. The summed E-state index contributed by atoms with van der Waals surface area (Å²) in [7, 11) is 0. The van der Waals surface area contributed by atoms with Crippen molar-refractivity contribution >= 4 is 10.9 Å². The average Bonchev–Trinajstić information content (AvgIpc) is 3.03. The highest BCUT2D eigenvalue weighted by atomic mass is 16.3. The molecular formula is C24H28N2O. The van der Waals surface area contributed by atoms with E-state index in [1.165, 1.54) is 47.0 Å². The second-order valence-electron chi connectivity index (χ2n) is 8.28. The lowest BCUT2D eigenvalue weighted by molar-refractivity contribution is 0.0719. The number of aliphatic hydroxyl groups is 1. The number of hydrogen-bond acceptors (Lipinski definition) is 2. The van der Waals surface area contributed by atoms with Crippen LogP contribution in [0, 0.1) is 5.41 Å². The zero-order chi connectivity index (χ0) is 18.3. The van der Waals surface area contributed by atoms with Gasteiger partial charge in [0, 0.05) is 35.8 Å². The molecule has 5 rings (SSSR count). The SMILES string of the molecule is OCC[C@@]12CCCN[C@@H]1c1c(n(Cc3ccccc3)c3ccccc13)CC2. The lowest BCUT2D eigenvalue weighted by Crippen LogP contribution is -2.46. The lowest BCUT2D eigenvalue weighted by Gasteiger charge is -2.48. The summed E-state index contributed by atoms with van der Waals surface area (Å²) in [6.07, 6.45) is 5.62. The second-order valence-corrected chi connectivity index (χ2v) is 8.28. The maximum Gasteiger partial charge on any atom is 0.0489 e. The number of fused-ring (bicyclic) bond motifs is 5. The molecule has 0 amide bonds. The van der Waals surface area contributed by atoms with Crippen molar-refractivity contribution in [3.05, 3.63) is 71.4 Å². The van der Waals surface area contributed by atoms with Crippen LogP contribution in [0.4, 0.5) is 0 Å². The number of nitrogens with zero attached hydrogens (tertiary/aromatic N) is 1. The van der Waals surface area contributed by atoms with E-state index in [4.69, 9.17) is 0 Å². The van der Waals surface area contributed by atoms with Crippen LogP contribution in [0.25, 0.3) is 10.9 Å². The number of nitrogens with one attached hydrogen (secondary N) is 1. The van der Waals surface area contributed by atoms with Crippen LogP contribution in [0.2, 0.25) is 0 Å². The van der Waals surface area contributed by atoms with Crippen molar-refractivity contribution in [1.29, 1.82) is 0 Å². The summed E-state index contributed by atoms with van der Waals surface area (Å²) < 4.78 is 2.54. The maximum absolute atomic E-state index is 9.78. The number of hydrogen-bond donors (Lipinski definition) is 2. The molecule has 1 fully saturated rings. The topological polar surface area (TPSA) is 37.2 Å². The first-order chi connectivity index (χ1) is 13.3. The van der Waals surface area contributed by atoms with E-state index < -0.39 is 0 Å². The van der Waals surface area contributed by atoms with Gasteiger partial charge in [-0.3, -0.25) is 0 Å². The highest BCUT2D eigenvalue weighted by molar-refractivity contribution is 5.86. The van der Waals surface area contributed by atoms with E-state index in [1.54, 1.807) is 0 Å². The van der Waals surface area contributed by atoms with Crippen molar-refractivity contribution in [3.63, 3.8) is 0 Å². The molecule has 3 aromatic rings. The molecule has 140 valence electrons. The Labute approximate surface area is 161 Å². The standard InChI is InChI=1S/C24H28N2O/c27-16-14-24-12-6-15-25-23(24)22-19-9-4-5-10-20(19)26(21(22)11-13-24)17-18-7-2-1-3-8-18/h1-5,7-10,23,25,27H,6,11-17H2/t23-,24+/m1/s1. The molecule has 2 N–H and O–H groups in total. The number of aliphatic hydroxyl groups excluding tert-OH is 1. The Kier molecular flexibility index (Phi) is 4.30. The van der Waals surface area contributed by atoms with Crippen molar-refractivity contribution in [1.82, 2.24) is 9.88 Å². The van der Waals surface area contributed by atoms with Gasteiger partial charge >= 0.3 is 0 Å². The Bertz CT molecular complexity index is 942. The van der Waals surface area contributed by atoms with Gasteiger partial charge in [0.1, 0.15) is 0 Å². The third-order valence-electron chi connectivity index (χ3n) is 6.88. The third-order valence-corrected chi connectivity index (χ3v) is 6.88. The molecule has 0 unspecified atom stereocenters. The summed E-state index contributed by atoms with van der Waals surface area (Å²) in [4.78, 5) is 0. The minimum absolute atomic E-state index is 0.210. The number of benzene rings is 2. The van der Waals surface area contributed by atoms with E-state index in [0.717, 1.165) is 25.9 Å². The summed E-state index contributed by atoms with van der Waals surface area (Å²) in [5, 5.41) is 15.0. The van der Waals surface area contributed by atoms with Gasteiger partial charge in [0.25, 0.3) is 0 Å². The van der Waals surface area contributed by atoms with Gasteiger partial charge in [-0.25, -0.2) is 0 Å². The summed E-state index contributed by atoms with van der Waals surface area (Å²) in [6.45, 7) is 2.29. The second kappa shape index (κ2) is 6.81. The molecule has 0 bridgehead atoms. The molecule has 2 atom stereocenters. The summed E-state index contributed by atoms with van der Waals surface area (Å²) >= 11 is 0. The molecule has 1 aliphatic carbocycles. The van der Waals surface area contributed by atoms with Crippen molar-refractivity contribution < 1.29 is 5.11 Å². The van der Waals surface area contributed by atoms with Gasteiger partial charge in [-0.2, -0.15) is 0 Å². The smallest absolute Gasteiger partial charge is 0.0489 e. The van der Waals surface area contributed by atoms with E-state index in [9.17, 15) is 5.11 Å². The van der Waals surface area contributed by atoms with E-state index in [2.05, 4.69) is 64.5 Å². The monoisotopic (exact) mass is 360 g/mol. The van der Waals surface area contributed by atoms with E-state index in [0.29, 0.717) is 6.04 Å². The van der Waals surface area contributed by atoms with Crippen LogP contribution in [0.15, 0.2) is 54.6 Å². The molecule has 2 aliphatic rings. The molecule has 1 aliphatic heterocycles. The van der Waals surface area contributed by atoms with Crippen LogP contribution < -0.4 is 5.32 Å². The molecule has 3 nitrogen and oxygen atoms in total. The molecule has 1 saturated heterocycles. The molecule has 0 saturated carbocycles. The first kappa shape index (κ1) is 17.0. The minimum Gasteiger partial charge on any atom is -0.396 e. The van der Waals surface area contributed by atoms with Crippen LogP contribution in [0.5, 0.6) is 0 Å². The predicted octanol–water partition coefficient (Wildman–Crippen LogP) is 4.43. The highest BCUT2D eigenvalue weighted by Gasteiger charge is 2.46. The Morgan fingerprint density at radius 3 is 2.70 bits per heavy atom. The van der Waals surface area contributed by atoms with Gasteiger partial charge in [0.15, 0.2) is 0 Å². The van der Waals surface area contributed by atoms with Crippen LogP contribution in [0.3, 0.4) is 0 Å². The Balaban J connectivity index is 1.68. The van der Waals surface area contributed by atoms with Crippen LogP contribution in [-0.4, -0.2) is 22.8 Å². The molecule has 3 heteroatoms. The molecule has 0 spiro atoms. The first-order valence-electron chi connectivity index (χ1n) is 10.3. The maximum atomic E-state index is 9.78. The van der Waals surface area contributed by atoms with Gasteiger partial charge in [-0.15, -0.1) is 0 Å².